The quantitative estimate of drug-likeness (QED) is 0.394. The molecule has 0 aliphatic heterocycles. The molecule has 1 aromatic carbocycles. The number of aromatic amines is 1. The molecule has 0 atom stereocenters. The molecule has 0 unspecified atom stereocenters. The van der Waals surface area contributed by atoms with E-state index >= 15 is 0 Å². The van der Waals surface area contributed by atoms with E-state index in [1.54, 1.807) is 13.1 Å². The molecule has 0 spiro atoms. The van der Waals surface area contributed by atoms with Gasteiger partial charge < -0.3 is 20.4 Å². The lowest BCUT2D eigenvalue weighted by atomic mass is 10.1. The number of hydrogen-bond acceptors (Lipinski definition) is 7. The second kappa shape index (κ2) is 7.97. The number of hydrogen-bond donors (Lipinski definition) is 3. The maximum atomic E-state index is 13.9. The molecule has 158 valence electrons. The average molecular weight is 460 g/mol. The van der Waals surface area contributed by atoms with Gasteiger partial charge in [-0.3, -0.25) is 9.78 Å². The number of aromatic nitrogens is 3. The Labute approximate surface area is 183 Å². The van der Waals surface area contributed by atoms with Crippen LogP contribution in [0.3, 0.4) is 0 Å². The van der Waals surface area contributed by atoms with Crippen molar-refractivity contribution >= 4 is 45.1 Å². The van der Waals surface area contributed by atoms with Crippen molar-refractivity contribution in [2.24, 2.45) is 0 Å². The summed E-state index contributed by atoms with van der Waals surface area (Å²) in [4.78, 5) is 33.3. The van der Waals surface area contributed by atoms with E-state index in [1.807, 2.05) is 0 Å². The Morgan fingerprint density at radius 1 is 1.32 bits per heavy atom. The van der Waals surface area contributed by atoms with E-state index in [4.69, 9.17) is 21.7 Å². The van der Waals surface area contributed by atoms with Crippen LogP contribution in [-0.2, 0) is 0 Å². The predicted octanol–water partition coefficient (Wildman–Crippen LogP) is 3.64. The van der Waals surface area contributed by atoms with E-state index in [0.29, 0.717) is 27.2 Å². The van der Waals surface area contributed by atoms with Crippen molar-refractivity contribution in [3.8, 4) is 21.9 Å². The van der Waals surface area contributed by atoms with Gasteiger partial charge >= 0.3 is 5.69 Å². The van der Waals surface area contributed by atoms with Gasteiger partial charge in [-0.2, -0.15) is 0 Å². The molecule has 4 aromatic rings. The van der Waals surface area contributed by atoms with Gasteiger partial charge in [-0.05, 0) is 18.2 Å². The van der Waals surface area contributed by atoms with Crippen molar-refractivity contribution in [2.75, 3.05) is 19.5 Å². The van der Waals surface area contributed by atoms with Crippen LogP contribution >= 0.6 is 22.9 Å². The molecule has 4 rings (SSSR count). The molecular weight excluding hydrogens is 445 g/mol. The third-order valence-electron chi connectivity index (χ3n) is 4.68. The van der Waals surface area contributed by atoms with Gasteiger partial charge in [-0.15, -0.1) is 11.3 Å². The first-order valence-corrected chi connectivity index (χ1v) is 10.1. The molecular formula is C20H15ClFN5O3S. The van der Waals surface area contributed by atoms with Crippen LogP contribution in [0.1, 0.15) is 5.56 Å². The maximum absolute atomic E-state index is 13.9. The summed E-state index contributed by atoms with van der Waals surface area (Å²) >= 11 is 7.32. The van der Waals surface area contributed by atoms with Crippen LogP contribution < -0.4 is 21.3 Å². The standard InChI is InChI=1S/C20H15ClFN5O3S/c1-24-17-9(6-23)7-25-8-14(17)27-19(28)18-13(26-20(27)29)5-16(31-18)10-3-15(30-2)12(22)4-11(10)21/h3-8,23H,1-2H3,(H,24,25)(H,26,29). The summed E-state index contributed by atoms with van der Waals surface area (Å²) in [5.41, 5.74) is 0.631. The van der Waals surface area contributed by atoms with Crippen molar-refractivity contribution in [1.29, 1.82) is 5.41 Å². The maximum Gasteiger partial charge on any atom is 0.333 e. The van der Waals surface area contributed by atoms with Gasteiger partial charge in [0.25, 0.3) is 5.56 Å². The molecule has 3 aromatic heterocycles. The molecule has 0 radical (unpaired) electrons. The number of nitrogens with one attached hydrogen (secondary N) is 3. The Morgan fingerprint density at radius 3 is 2.77 bits per heavy atom. The SMILES string of the molecule is CNc1c(C=N)cncc1-n1c(=O)[nH]c2cc(-c3cc(OC)c(F)cc3Cl)sc2c1=O. The van der Waals surface area contributed by atoms with Crippen LogP contribution in [0.25, 0.3) is 26.3 Å². The summed E-state index contributed by atoms with van der Waals surface area (Å²) in [6.07, 6.45) is 3.90. The lowest BCUT2D eigenvalue weighted by Crippen LogP contribution is -2.33. The Balaban J connectivity index is 1.98. The Kier molecular flexibility index (Phi) is 5.34. The smallest absolute Gasteiger partial charge is 0.333 e. The van der Waals surface area contributed by atoms with Crippen molar-refractivity contribution < 1.29 is 9.13 Å². The van der Waals surface area contributed by atoms with Crippen molar-refractivity contribution in [1.82, 2.24) is 14.5 Å². The largest absolute Gasteiger partial charge is 0.494 e. The van der Waals surface area contributed by atoms with Gasteiger partial charge in [0, 0.05) is 35.5 Å². The fourth-order valence-electron chi connectivity index (χ4n) is 3.25. The highest BCUT2D eigenvalue weighted by Gasteiger charge is 2.19. The summed E-state index contributed by atoms with van der Waals surface area (Å²) in [6.45, 7) is 0. The third kappa shape index (κ3) is 3.39. The molecule has 0 saturated heterocycles. The summed E-state index contributed by atoms with van der Waals surface area (Å²) in [5, 5.41) is 10.6. The lowest BCUT2D eigenvalue weighted by Gasteiger charge is -2.12. The highest BCUT2D eigenvalue weighted by atomic mass is 35.5. The fraction of sp³-hybridized carbons (Fsp3) is 0.100. The van der Waals surface area contributed by atoms with Crippen molar-refractivity contribution in [3.63, 3.8) is 0 Å². The highest BCUT2D eigenvalue weighted by Crippen LogP contribution is 2.38. The summed E-state index contributed by atoms with van der Waals surface area (Å²) in [6, 6.07) is 4.18. The van der Waals surface area contributed by atoms with E-state index in [2.05, 4.69) is 15.3 Å². The van der Waals surface area contributed by atoms with Crippen LogP contribution in [0, 0.1) is 11.2 Å². The van der Waals surface area contributed by atoms with Gasteiger partial charge in [0.05, 0.1) is 35.2 Å². The Bertz CT molecular complexity index is 1460. The van der Waals surface area contributed by atoms with E-state index in [9.17, 15) is 14.0 Å². The molecule has 3 heterocycles. The highest BCUT2D eigenvalue weighted by molar-refractivity contribution is 7.22. The van der Waals surface area contributed by atoms with Crippen LogP contribution in [0.4, 0.5) is 10.1 Å². The van der Waals surface area contributed by atoms with Gasteiger partial charge in [0.2, 0.25) is 0 Å². The monoisotopic (exact) mass is 459 g/mol. The number of H-pyrrole nitrogens is 1. The summed E-state index contributed by atoms with van der Waals surface area (Å²) in [7, 11) is 2.96. The van der Waals surface area contributed by atoms with Gasteiger partial charge in [-0.25, -0.2) is 13.8 Å². The van der Waals surface area contributed by atoms with Crippen molar-refractivity contribution in [2.45, 2.75) is 0 Å². The zero-order valence-corrected chi connectivity index (χ0v) is 17.8. The van der Waals surface area contributed by atoms with E-state index in [0.717, 1.165) is 28.2 Å². The van der Waals surface area contributed by atoms with Crippen LogP contribution in [-0.4, -0.2) is 34.9 Å². The van der Waals surface area contributed by atoms with Gasteiger partial charge in [0.15, 0.2) is 11.6 Å². The minimum atomic E-state index is -0.662. The number of benzene rings is 1. The molecule has 0 amide bonds. The van der Waals surface area contributed by atoms with Crippen LogP contribution in [0.2, 0.25) is 5.02 Å². The minimum Gasteiger partial charge on any atom is -0.494 e. The molecule has 31 heavy (non-hydrogen) atoms. The predicted molar refractivity (Wildman–Crippen MR) is 120 cm³/mol. The first kappa shape index (κ1) is 20.8. The number of nitrogens with zero attached hydrogens (tertiary/aromatic N) is 2. The summed E-state index contributed by atoms with van der Waals surface area (Å²) < 4.78 is 20.2. The number of rotatable bonds is 5. The topological polar surface area (TPSA) is 113 Å². The van der Waals surface area contributed by atoms with Gasteiger partial charge in [0.1, 0.15) is 4.70 Å². The zero-order valence-electron chi connectivity index (χ0n) is 16.2. The molecule has 8 nitrogen and oxygen atoms in total. The zero-order chi connectivity index (χ0) is 22.3. The lowest BCUT2D eigenvalue weighted by molar-refractivity contribution is 0.387. The van der Waals surface area contributed by atoms with E-state index in [1.165, 1.54) is 25.6 Å². The molecule has 0 bridgehead atoms. The first-order valence-electron chi connectivity index (χ1n) is 8.88. The van der Waals surface area contributed by atoms with E-state index in [-0.39, 0.29) is 21.2 Å². The number of pyridine rings is 1. The second-order valence-electron chi connectivity index (χ2n) is 6.41. The molecule has 3 N–H and O–H groups in total. The normalized spacial score (nSPS) is 11.0. The molecule has 0 fully saturated rings. The van der Waals surface area contributed by atoms with Crippen molar-refractivity contribution in [3.05, 3.63) is 67.8 Å². The number of fused-ring (bicyclic) bond motifs is 1. The van der Waals surface area contributed by atoms with Crippen LogP contribution in [0.5, 0.6) is 5.75 Å². The fourth-order valence-corrected chi connectivity index (χ4v) is 4.63. The molecule has 0 aliphatic rings. The van der Waals surface area contributed by atoms with Gasteiger partial charge in [-0.1, -0.05) is 11.6 Å². The minimum absolute atomic E-state index is 0.0101. The number of ether oxygens (including phenoxy) is 1. The number of thiophene rings is 1. The summed E-state index contributed by atoms with van der Waals surface area (Å²) in [5.74, 6) is -0.595. The average Bonchev–Trinajstić information content (AvgIpc) is 3.17. The Hall–Kier alpha value is -3.50. The molecule has 0 saturated carbocycles. The number of halogens is 2. The third-order valence-corrected chi connectivity index (χ3v) is 6.15. The number of methoxy groups -OCH3 is 1. The Morgan fingerprint density at radius 2 is 2.10 bits per heavy atom. The first-order chi connectivity index (χ1) is 14.9. The number of anilines is 1. The van der Waals surface area contributed by atoms with E-state index < -0.39 is 17.1 Å². The molecule has 0 aliphatic carbocycles. The molecule has 11 heteroatoms. The second-order valence-corrected chi connectivity index (χ2v) is 7.87. The van der Waals surface area contributed by atoms with Crippen LogP contribution in [0.15, 0.2) is 40.2 Å².